The zero-order valence-electron chi connectivity index (χ0n) is 35.1. The Balaban J connectivity index is 0.000000160. The van der Waals surface area contributed by atoms with Gasteiger partial charge < -0.3 is 32.8 Å². The van der Waals surface area contributed by atoms with Crippen molar-refractivity contribution in [1.82, 2.24) is 49.4 Å². The first-order valence-corrected chi connectivity index (χ1v) is 21.0. The van der Waals surface area contributed by atoms with Gasteiger partial charge in [0.2, 0.25) is 17.5 Å². The third kappa shape index (κ3) is 9.00. The van der Waals surface area contributed by atoms with Crippen LogP contribution in [0.1, 0.15) is 71.3 Å². The number of esters is 1. The Bertz CT molecular complexity index is 2970. The van der Waals surface area contributed by atoms with Crippen molar-refractivity contribution >= 4 is 45.3 Å². The lowest BCUT2D eigenvalue weighted by atomic mass is 10.0. The maximum Gasteiger partial charge on any atom is 0.306 e. The van der Waals surface area contributed by atoms with Gasteiger partial charge in [-0.15, -0.1) is 0 Å². The first-order valence-electron chi connectivity index (χ1n) is 20.6. The lowest BCUT2D eigenvalue weighted by Crippen LogP contribution is -2.25. The molecular formula is C45H43ClN10O7. The highest BCUT2D eigenvalue weighted by molar-refractivity contribution is 6.29. The van der Waals surface area contributed by atoms with Crippen LogP contribution in [0.3, 0.4) is 0 Å². The average Bonchev–Trinajstić information content (AvgIpc) is 4.09. The monoisotopic (exact) mass is 870 g/mol. The maximum atomic E-state index is 12.3. The second-order valence-corrected chi connectivity index (χ2v) is 17.3. The molecule has 63 heavy (non-hydrogen) atoms. The second-order valence-electron chi connectivity index (χ2n) is 16.9. The van der Waals surface area contributed by atoms with Gasteiger partial charge in [-0.3, -0.25) is 9.59 Å². The molecule has 0 aliphatic carbocycles. The van der Waals surface area contributed by atoms with Crippen molar-refractivity contribution < 1.29 is 33.2 Å². The fourth-order valence-corrected chi connectivity index (χ4v) is 8.23. The predicted octanol–water partition coefficient (Wildman–Crippen LogP) is 8.60. The number of nitrogens with zero attached hydrogens (tertiary/aromatic N) is 10. The van der Waals surface area contributed by atoms with E-state index in [1.54, 1.807) is 0 Å². The molecule has 0 fully saturated rings. The van der Waals surface area contributed by atoms with Crippen LogP contribution in [-0.4, -0.2) is 78.1 Å². The Morgan fingerprint density at radius 3 is 2.06 bits per heavy atom. The minimum atomic E-state index is -0.787. The number of fused-ring (bicyclic) bond motifs is 6. The number of hydrogen-bond acceptors (Lipinski definition) is 14. The summed E-state index contributed by atoms with van der Waals surface area (Å²) in [5.74, 6) is 1.18. The topological polar surface area (TPSA) is 212 Å². The number of carbonyl (C=O) groups is 2. The van der Waals surface area contributed by atoms with Gasteiger partial charge in [0.25, 0.3) is 11.8 Å². The smallest absolute Gasteiger partial charge is 0.306 e. The molecule has 2 unspecified atom stereocenters. The van der Waals surface area contributed by atoms with Crippen LogP contribution in [0.25, 0.3) is 67.8 Å². The van der Waals surface area contributed by atoms with E-state index >= 15 is 0 Å². The fraction of sp³-hybridized carbons (Fsp3) is 0.333. The molecule has 0 spiro atoms. The summed E-state index contributed by atoms with van der Waals surface area (Å²) in [4.78, 5) is 49.1. The first kappa shape index (κ1) is 41.3. The molecule has 0 bridgehead atoms. The van der Waals surface area contributed by atoms with E-state index in [1.165, 1.54) is 30.5 Å². The van der Waals surface area contributed by atoms with E-state index in [4.69, 9.17) is 30.1 Å². The zero-order valence-corrected chi connectivity index (χ0v) is 35.9. The molecule has 1 N–H and O–H groups in total. The predicted molar refractivity (Wildman–Crippen MR) is 231 cm³/mol. The van der Waals surface area contributed by atoms with Crippen LogP contribution >= 0.6 is 11.6 Å². The van der Waals surface area contributed by atoms with Crippen LogP contribution < -0.4 is 4.74 Å². The first-order chi connectivity index (χ1) is 30.2. The Kier molecular flexibility index (Phi) is 11.0. The van der Waals surface area contributed by atoms with E-state index in [-0.39, 0.29) is 42.2 Å². The number of ether oxygens (including phenoxy) is 2. The van der Waals surface area contributed by atoms with E-state index in [0.717, 1.165) is 64.4 Å². The van der Waals surface area contributed by atoms with E-state index in [9.17, 15) is 14.7 Å². The number of hydrogen-bond donors (Lipinski definition) is 1. The lowest BCUT2D eigenvalue weighted by Gasteiger charge is -2.20. The summed E-state index contributed by atoms with van der Waals surface area (Å²) in [5, 5.41) is 20.0. The van der Waals surface area contributed by atoms with Crippen LogP contribution in [0.2, 0.25) is 5.15 Å². The van der Waals surface area contributed by atoms with Crippen molar-refractivity contribution in [3.8, 4) is 51.8 Å². The number of rotatable bonds is 10. The Morgan fingerprint density at radius 1 is 0.825 bits per heavy atom. The van der Waals surface area contributed by atoms with Crippen molar-refractivity contribution in [1.29, 1.82) is 0 Å². The Labute approximate surface area is 365 Å². The van der Waals surface area contributed by atoms with E-state index in [1.807, 2.05) is 58.9 Å². The van der Waals surface area contributed by atoms with E-state index in [2.05, 4.69) is 73.6 Å². The number of aliphatic carboxylic acids is 1. The number of carboxylic acid groups (broad SMARTS) is 1. The lowest BCUT2D eigenvalue weighted by molar-refractivity contribution is -0.156. The number of carboxylic acids is 1. The van der Waals surface area contributed by atoms with Crippen LogP contribution in [0.15, 0.2) is 82.4 Å². The standard InChI is InChI=1S/C23H22ClN5O3.C22H21N5O4/c1-23(2,3)31-20(30)7-13-6-16-8-14-4-5-15(9-18(14)29(16)12-13)21-27-22(32-28-21)17-10-26-19(24)11-25-17;1-12(2)30-19-11-23-17(10-24-19)22-25-21(26-31-22)14-4-3-13-7-15-5-6-16(9-20(28)29)27(15)18(13)8-14/h4-5,8-11,13H,6-7,12H2,1-3H3;3-4,7-8,10-12,16H,5-6,9H2,1-2H3,(H,28,29). The molecule has 0 radical (unpaired) electrons. The maximum absolute atomic E-state index is 12.3. The molecule has 2 aromatic carbocycles. The molecule has 18 heteroatoms. The van der Waals surface area contributed by atoms with E-state index < -0.39 is 11.6 Å². The molecule has 2 aliphatic rings. The zero-order chi connectivity index (χ0) is 44.0. The van der Waals surface area contributed by atoms with Crippen LogP contribution in [0.4, 0.5) is 0 Å². The molecule has 6 aromatic heterocycles. The second kappa shape index (κ2) is 16.7. The van der Waals surface area contributed by atoms with Crippen LogP contribution in [-0.2, 0) is 33.7 Å². The molecule has 8 heterocycles. The molecule has 17 nitrogen and oxygen atoms in total. The van der Waals surface area contributed by atoms with Gasteiger partial charge in [-0.2, -0.15) is 9.97 Å². The number of aryl methyl sites for hydroxylation is 1. The number of halogens is 1. The van der Waals surface area contributed by atoms with Gasteiger partial charge >= 0.3 is 11.9 Å². The molecule has 322 valence electrons. The third-order valence-electron chi connectivity index (χ3n) is 10.6. The molecule has 2 atom stereocenters. The minimum Gasteiger partial charge on any atom is -0.481 e. The molecule has 10 rings (SSSR count). The van der Waals surface area contributed by atoms with Crippen LogP contribution in [0.5, 0.6) is 5.88 Å². The summed E-state index contributed by atoms with van der Waals surface area (Å²) in [7, 11) is 0. The van der Waals surface area contributed by atoms with Crippen molar-refractivity contribution in [2.45, 2.75) is 91.0 Å². The Morgan fingerprint density at radius 2 is 1.46 bits per heavy atom. The Hall–Kier alpha value is -7.01. The molecular weight excluding hydrogens is 828 g/mol. The van der Waals surface area contributed by atoms with Gasteiger partial charge in [-0.05, 0) is 94.8 Å². The quantitative estimate of drug-likeness (QED) is 0.127. The summed E-state index contributed by atoms with van der Waals surface area (Å²) in [6.07, 6.45) is 9.09. The van der Waals surface area contributed by atoms with Gasteiger partial charge in [-0.25, -0.2) is 19.9 Å². The van der Waals surface area contributed by atoms with Gasteiger partial charge in [0.05, 0.1) is 43.7 Å². The van der Waals surface area contributed by atoms with Crippen molar-refractivity contribution in [2.75, 3.05) is 0 Å². The average molecular weight is 871 g/mol. The van der Waals surface area contributed by atoms with Crippen molar-refractivity contribution in [3.63, 3.8) is 0 Å². The summed E-state index contributed by atoms with van der Waals surface area (Å²) in [5.41, 5.74) is 6.53. The highest BCUT2D eigenvalue weighted by Gasteiger charge is 2.29. The summed E-state index contributed by atoms with van der Waals surface area (Å²) >= 11 is 5.79. The number of benzene rings is 2. The van der Waals surface area contributed by atoms with Gasteiger partial charge in [0, 0.05) is 46.1 Å². The highest BCUT2D eigenvalue weighted by atomic mass is 35.5. The van der Waals surface area contributed by atoms with E-state index in [0.29, 0.717) is 40.5 Å². The molecule has 8 aromatic rings. The number of carbonyl (C=O) groups excluding carboxylic acids is 1. The summed E-state index contributed by atoms with van der Waals surface area (Å²) in [6.45, 7) is 10.3. The fourth-order valence-electron chi connectivity index (χ4n) is 8.13. The van der Waals surface area contributed by atoms with Gasteiger partial charge in [0.15, 0.2) is 0 Å². The third-order valence-corrected chi connectivity index (χ3v) is 10.8. The van der Waals surface area contributed by atoms with Gasteiger partial charge in [-0.1, -0.05) is 46.2 Å². The molecule has 0 saturated carbocycles. The largest absolute Gasteiger partial charge is 0.481 e. The molecule has 0 saturated heterocycles. The molecule has 2 aliphatic heterocycles. The van der Waals surface area contributed by atoms with Crippen LogP contribution in [0, 0.1) is 5.92 Å². The number of aromatic nitrogens is 10. The minimum absolute atomic E-state index is 0.00988. The van der Waals surface area contributed by atoms with Crippen molar-refractivity contribution in [2.24, 2.45) is 5.92 Å². The highest BCUT2D eigenvalue weighted by Crippen LogP contribution is 2.37. The van der Waals surface area contributed by atoms with Crippen molar-refractivity contribution in [3.05, 3.63) is 89.9 Å². The van der Waals surface area contributed by atoms with Gasteiger partial charge in [0.1, 0.15) is 22.1 Å². The summed E-state index contributed by atoms with van der Waals surface area (Å²) < 4.78 is 26.2. The summed E-state index contributed by atoms with van der Waals surface area (Å²) in [6, 6.07) is 16.3. The SMILES string of the molecule is CC(C)(C)OC(=O)CC1Cc2cc3ccc(-c4noc(-c5cnc(Cl)cn5)n4)cc3n2C1.CC(C)Oc1cnc(-c2nc(-c3ccc4cc5n(c4c3)C(CC(=O)O)CC5)no2)cn1. The molecule has 0 amide bonds. The normalized spacial score (nSPS) is 15.7.